The number of carboxylic acids is 1. The van der Waals surface area contributed by atoms with Crippen molar-refractivity contribution in [2.45, 2.75) is 6.92 Å². The van der Waals surface area contributed by atoms with Gasteiger partial charge in [0.05, 0.1) is 18.3 Å². The van der Waals surface area contributed by atoms with E-state index < -0.39 is 5.97 Å². The number of hydrogen-bond acceptors (Lipinski definition) is 5. The molecule has 0 bridgehead atoms. The van der Waals surface area contributed by atoms with Crippen LogP contribution >= 0.6 is 11.8 Å². The van der Waals surface area contributed by atoms with Gasteiger partial charge < -0.3 is 20.0 Å². The van der Waals surface area contributed by atoms with E-state index in [4.69, 9.17) is 4.74 Å². The first kappa shape index (κ1) is 14.4. The molecule has 0 aliphatic carbocycles. The van der Waals surface area contributed by atoms with Crippen LogP contribution in [-0.2, 0) is 9.59 Å². The number of anilines is 1. The zero-order valence-electron chi connectivity index (χ0n) is 9.97. The second kappa shape index (κ2) is 7.60. The van der Waals surface area contributed by atoms with Crippen molar-refractivity contribution in [3.05, 3.63) is 24.3 Å². The monoisotopic (exact) mass is 268 g/mol. The number of nitrogens with one attached hydrogen (secondary N) is 1. The van der Waals surface area contributed by atoms with Gasteiger partial charge in [0.2, 0.25) is 5.91 Å². The van der Waals surface area contributed by atoms with E-state index in [9.17, 15) is 14.7 Å². The number of carbonyl (C=O) groups excluding carboxylic acids is 2. The Morgan fingerprint density at radius 1 is 1.28 bits per heavy atom. The van der Waals surface area contributed by atoms with E-state index in [1.807, 2.05) is 6.92 Å². The predicted octanol–water partition coefficient (Wildman–Crippen LogP) is 0.507. The predicted molar refractivity (Wildman–Crippen MR) is 68.6 cm³/mol. The molecule has 1 aromatic carbocycles. The van der Waals surface area contributed by atoms with Gasteiger partial charge in [0.1, 0.15) is 5.75 Å². The van der Waals surface area contributed by atoms with E-state index in [-0.39, 0.29) is 17.4 Å². The van der Waals surface area contributed by atoms with Gasteiger partial charge in [-0.3, -0.25) is 4.79 Å². The minimum absolute atomic E-state index is 0.0845. The molecule has 0 heterocycles. The van der Waals surface area contributed by atoms with Gasteiger partial charge in [0.15, 0.2) is 0 Å². The summed E-state index contributed by atoms with van der Waals surface area (Å²) in [7, 11) is 0. The Labute approximate surface area is 110 Å². The van der Waals surface area contributed by atoms with Crippen molar-refractivity contribution in [1.82, 2.24) is 0 Å². The summed E-state index contributed by atoms with van der Waals surface area (Å²) in [6, 6.07) is 6.97. The molecule has 0 unspecified atom stereocenters. The third kappa shape index (κ3) is 5.58. The molecule has 1 rings (SSSR count). The summed E-state index contributed by atoms with van der Waals surface area (Å²) in [6.07, 6.45) is 0. The van der Waals surface area contributed by atoms with Gasteiger partial charge in [-0.05, 0) is 31.2 Å². The first-order valence-corrected chi connectivity index (χ1v) is 6.57. The van der Waals surface area contributed by atoms with Gasteiger partial charge in [0, 0.05) is 11.4 Å². The zero-order valence-corrected chi connectivity index (χ0v) is 10.8. The number of aliphatic carboxylic acids is 1. The lowest BCUT2D eigenvalue weighted by atomic mass is 10.3. The summed E-state index contributed by atoms with van der Waals surface area (Å²) in [5.74, 6) is -0.779. The van der Waals surface area contributed by atoms with Crippen LogP contribution in [0.1, 0.15) is 6.92 Å². The van der Waals surface area contributed by atoms with Crippen LogP contribution in [0.25, 0.3) is 0 Å². The number of carboxylic acid groups (broad SMARTS) is 1. The molecule has 1 amide bonds. The number of benzene rings is 1. The van der Waals surface area contributed by atoms with Crippen molar-refractivity contribution in [3.63, 3.8) is 0 Å². The molecule has 0 spiro atoms. The van der Waals surface area contributed by atoms with Gasteiger partial charge >= 0.3 is 0 Å². The normalized spacial score (nSPS) is 9.83. The smallest absolute Gasteiger partial charge is 0.234 e. The maximum absolute atomic E-state index is 11.4. The fourth-order valence-electron chi connectivity index (χ4n) is 1.23. The van der Waals surface area contributed by atoms with E-state index in [0.29, 0.717) is 12.3 Å². The van der Waals surface area contributed by atoms with Crippen molar-refractivity contribution < 1.29 is 19.4 Å². The highest BCUT2D eigenvalue weighted by Crippen LogP contribution is 2.15. The maximum Gasteiger partial charge on any atom is 0.234 e. The average molecular weight is 268 g/mol. The molecule has 1 aromatic rings. The summed E-state index contributed by atoms with van der Waals surface area (Å²) in [5, 5.41) is 12.8. The molecule has 18 heavy (non-hydrogen) atoms. The molecule has 98 valence electrons. The Morgan fingerprint density at radius 3 is 2.50 bits per heavy atom. The van der Waals surface area contributed by atoms with Crippen LogP contribution in [0.2, 0.25) is 0 Å². The van der Waals surface area contributed by atoms with E-state index in [1.54, 1.807) is 24.3 Å². The van der Waals surface area contributed by atoms with Gasteiger partial charge in [-0.25, -0.2) is 0 Å². The number of hydrogen-bond donors (Lipinski definition) is 1. The SMILES string of the molecule is CCOc1ccc(NC(=O)CSCC(=O)[O-])cc1. The number of amides is 1. The number of rotatable bonds is 7. The average Bonchev–Trinajstić information content (AvgIpc) is 2.31. The third-order valence-electron chi connectivity index (χ3n) is 1.90. The minimum Gasteiger partial charge on any atom is -0.549 e. The fourth-order valence-corrected chi connectivity index (χ4v) is 1.75. The van der Waals surface area contributed by atoms with E-state index in [0.717, 1.165) is 17.5 Å². The second-order valence-corrected chi connectivity index (χ2v) is 4.36. The van der Waals surface area contributed by atoms with Crippen LogP contribution in [0.15, 0.2) is 24.3 Å². The van der Waals surface area contributed by atoms with Crippen LogP contribution in [0.5, 0.6) is 5.75 Å². The largest absolute Gasteiger partial charge is 0.549 e. The highest BCUT2D eigenvalue weighted by atomic mass is 32.2. The summed E-state index contributed by atoms with van der Waals surface area (Å²) in [4.78, 5) is 21.6. The highest BCUT2D eigenvalue weighted by Gasteiger charge is 2.02. The molecule has 0 aliphatic rings. The molecule has 0 radical (unpaired) electrons. The standard InChI is InChI=1S/C12H15NO4S/c1-2-17-10-5-3-9(4-6-10)13-11(14)7-18-8-12(15)16/h3-6H,2,7-8H2,1H3,(H,13,14)(H,15,16)/p-1. The highest BCUT2D eigenvalue weighted by molar-refractivity contribution is 8.00. The molecule has 6 heteroatoms. The van der Waals surface area contributed by atoms with E-state index in [2.05, 4.69) is 5.32 Å². The van der Waals surface area contributed by atoms with Crippen LogP contribution in [0.3, 0.4) is 0 Å². The maximum atomic E-state index is 11.4. The van der Waals surface area contributed by atoms with Crippen molar-refractivity contribution >= 4 is 29.3 Å². The number of thioether (sulfide) groups is 1. The molecule has 0 saturated heterocycles. The van der Waals surface area contributed by atoms with Gasteiger partial charge in [-0.2, -0.15) is 0 Å². The van der Waals surface area contributed by atoms with E-state index >= 15 is 0 Å². The fraction of sp³-hybridized carbons (Fsp3) is 0.333. The molecule has 5 nitrogen and oxygen atoms in total. The summed E-state index contributed by atoms with van der Waals surface area (Å²) >= 11 is 1.00. The molecule has 0 saturated carbocycles. The first-order chi connectivity index (χ1) is 8.61. The van der Waals surface area contributed by atoms with Crippen molar-refractivity contribution in [2.75, 3.05) is 23.4 Å². The van der Waals surface area contributed by atoms with Crippen LogP contribution < -0.4 is 15.2 Å². The quantitative estimate of drug-likeness (QED) is 0.779. The summed E-state index contributed by atoms with van der Waals surface area (Å²) in [5.41, 5.74) is 0.650. The van der Waals surface area contributed by atoms with Crippen LogP contribution in [0, 0.1) is 0 Å². The Morgan fingerprint density at radius 2 is 1.94 bits per heavy atom. The molecule has 1 N–H and O–H groups in total. The second-order valence-electron chi connectivity index (χ2n) is 3.37. The van der Waals surface area contributed by atoms with Crippen molar-refractivity contribution in [1.29, 1.82) is 0 Å². The summed E-state index contributed by atoms with van der Waals surface area (Å²) in [6.45, 7) is 2.48. The summed E-state index contributed by atoms with van der Waals surface area (Å²) < 4.78 is 5.27. The van der Waals surface area contributed by atoms with Gasteiger partial charge in [-0.1, -0.05) is 0 Å². The van der Waals surface area contributed by atoms with Crippen LogP contribution in [-0.4, -0.2) is 30.0 Å². The topological polar surface area (TPSA) is 78.5 Å². The van der Waals surface area contributed by atoms with E-state index in [1.165, 1.54) is 0 Å². The Balaban J connectivity index is 2.37. The molecule has 0 atom stereocenters. The number of ether oxygens (including phenoxy) is 1. The third-order valence-corrected chi connectivity index (χ3v) is 2.81. The molecule has 0 fully saturated rings. The van der Waals surface area contributed by atoms with Crippen molar-refractivity contribution in [2.24, 2.45) is 0 Å². The van der Waals surface area contributed by atoms with Crippen molar-refractivity contribution in [3.8, 4) is 5.75 Å². The first-order valence-electron chi connectivity index (χ1n) is 5.42. The molecular weight excluding hydrogens is 254 g/mol. The zero-order chi connectivity index (χ0) is 13.4. The minimum atomic E-state index is -1.17. The van der Waals surface area contributed by atoms with Crippen LogP contribution in [0.4, 0.5) is 5.69 Å². The molecule has 0 aromatic heterocycles. The van der Waals surface area contributed by atoms with Gasteiger partial charge in [-0.15, -0.1) is 11.8 Å². The lowest BCUT2D eigenvalue weighted by molar-refractivity contribution is -0.301. The van der Waals surface area contributed by atoms with Gasteiger partial charge in [0.25, 0.3) is 0 Å². The Kier molecular flexibility index (Phi) is 6.07. The Hall–Kier alpha value is -1.69. The lowest BCUT2D eigenvalue weighted by Gasteiger charge is -2.07. The molecular formula is C12H14NO4S-. The molecule has 0 aliphatic heterocycles. The number of carbonyl (C=O) groups is 2. The lowest BCUT2D eigenvalue weighted by Crippen LogP contribution is -2.25. The Bertz CT molecular complexity index is 405.